The first-order valence-corrected chi connectivity index (χ1v) is 4.33. The molecule has 2 aromatic rings. The molecule has 0 fully saturated rings. The van der Waals surface area contributed by atoms with Gasteiger partial charge in [-0.25, -0.2) is 4.68 Å². The fraction of sp³-hybridized carbons (Fsp3) is 0.100. The third-order valence-corrected chi connectivity index (χ3v) is 2.02. The Kier molecular flexibility index (Phi) is 2.20. The van der Waals surface area contributed by atoms with Gasteiger partial charge in [-0.05, 0) is 30.3 Å². The van der Waals surface area contributed by atoms with Crippen molar-refractivity contribution in [3.63, 3.8) is 0 Å². The van der Waals surface area contributed by atoms with Gasteiger partial charge in [0.1, 0.15) is 5.75 Å². The molecule has 14 heavy (non-hydrogen) atoms. The molecule has 0 aliphatic rings. The van der Waals surface area contributed by atoms with E-state index in [-0.39, 0.29) is 5.75 Å². The number of nitrogens with zero attached hydrogens (tertiary/aromatic N) is 2. The molecule has 0 spiro atoms. The van der Waals surface area contributed by atoms with Gasteiger partial charge in [0.15, 0.2) is 0 Å². The van der Waals surface area contributed by atoms with Gasteiger partial charge in [-0.3, -0.25) is 0 Å². The Morgan fingerprint density at radius 2 is 1.93 bits per heavy atom. The zero-order chi connectivity index (χ0) is 9.97. The summed E-state index contributed by atoms with van der Waals surface area (Å²) in [6.07, 6.45) is 1.70. The van der Waals surface area contributed by atoms with E-state index in [2.05, 4.69) is 5.10 Å². The van der Waals surface area contributed by atoms with Crippen molar-refractivity contribution in [2.24, 2.45) is 5.73 Å². The van der Waals surface area contributed by atoms with E-state index in [1.165, 1.54) is 0 Å². The lowest BCUT2D eigenvalue weighted by molar-refractivity contribution is 0.475. The van der Waals surface area contributed by atoms with E-state index in [0.29, 0.717) is 6.54 Å². The normalized spacial score (nSPS) is 10.4. The van der Waals surface area contributed by atoms with Gasteiger partial charge in [-0.2, -0.15) is 5.10 Å². The van der Waals surface area contributed by atoms with Crippen molar-refractivity contribution in [1.82, 2.24) is 9.78 Å². The van der Waals surface area contributed by atoms with Gasteiger partial charge in [0, 0.05) is 12.7 Å². The lowest BCUT2D eigenvalue weighted by Gasteiger charge is -2.05. The van der Waals surface area contributed by atoms with Gasteiger partial charge in [-0.15, -0.1) is 0 Å². The summed E-state index contributed by atoms with van der Waals surface area (Å²) in [5, 5.41) is 13.3. The van der Waals surface area contributed by atoms with Crippen LogP contribution in [0.4, 0.5) is 0 Å². The van der Waals surface area contributed by atoms with E-state index in [1.807, 2.05) is 6.07 Å². The number of hydrogen-bond acceptors (Lipinski definition) is 3. The van der Waals surface area contributed by atoms with Gasteiger partial charge >= 0.3 is 0 Å². The number of nitrogens with two attached hydrogens (primary N) is 1. The zero-order valence-corrected chi connectivity index (χ0v) is 7.59. The summed E-state index contributed by atoms with van der Waals surface area (Å²) in [5.41, 5.74) is 7.39. The van der Waals surface area contributed by atoms with Crippen molar-refractivity contribution in [2.45, 2.75) is 6.54 Å². The summed E-state index contributed by atoms with van der Waals surface area (Å²) in [6, 6.07) is 8.70. The summed E-state index contributed by atoms with van der Waals surface area (Å²) < 4.78 is 1.75. The molecule has 0 unspecified atom stereocenters. The molecule has 1 aromatic heterocycles. The van der Waals surface area contributed by atoms with Gasteiger partial charge in [0.05, 0.1) is 11.4 Å². The number of phenolic OH excluding ortho intramolecular Hbond substituents is 1. The molecular formula is C10H11N3O. The molecule has 0 amide bonds. The molecular weight excluding hydrogens is 178 g/mol. The van der Waals surface area contributed by atoms with Gasteiger partial charge in [-0.1, -0.05) is 0 Å². The van der Waals surface area contributed by atoms with Crippen molar-refractivity contribution < 1.29 is 5.11 Å². The Labute approximate surface area is 81.6 Å². The second-order valence-electron chi connectivity index (χ2n) is 2.95. The Balaban J connectivity index is 2.44. The highest BCUT2D eigenvalue weighted by atomic mass is 16.3. The second-order valence-corrected chi connectivity index (χ2v) is 2.95. The largest absolute Gasteiger partial charge is 0.508 e. The van der Waals surface area contributed by atoms with Crippen molar-refractivity contribution in [3.05, 3.63) is 42.2 Å². The molecule has 0 saturated heterocycles. The minimum atomic E-state index is 0.246. The molecule has 0 saturated carbocycles. The molecule has 72 valence electrons. The molecule has 0 atom stereocenters. The average Bonchev–Trinajstić information content (AvgIpc) is 2.67. The van der Waals surface area contributed by atoms with Crippen molar-refractivity contribution in [1.29, 1.82) is 0 Å². The predicted octanol–water partition coefficient (Wildman–Crippen LogP) is 1.04. The zero-order valence-electron chi connectivity index (χ0n) is 7.59. The van der Waals surface area contributed by atoms with E-state index in [9.17, 15) is 0 Å². The SMILES string of the molecule is NCc1ccnn1-c1ccc(O)cc1. The van der Waals surface area contributed by atoms with Crippen molar-refractivity contribution in [3.8, 4) is 11.4 Å². The maximum absolute atomic E-state index is 9.13. The Hall–Kier alpha value is -1.81. The molecule has 1 aromatic carbocycles. The average molecular weight is 189 g/mol. The standard InChI is InChI=1S/C10H11N3O/c11-7-9-5-6-12-13(9)8-1-3-10(14)4-2-8/h1-6,14H,7,11H2. The first kappa shape index (κ1) is 8.77. The maximum atomic E-state index is 9.13. The van der Waals surface area contributed by atoms with E-state index >= 15 is 0 Å². The molecule has 4 heteroatoms. The lowest BCUT2D eigenvalue weighted by atomic mass is 10.3. The molecule has 2 rings (SSSR count). The number of benzene rings is 1. The minimum absolute atomic E-state index is 0.246. The van der Waals surface area contributed by atoms with Crippen LogP contribution in [0.1, 0.15) is 5.69 Å². The topological polar surface area (TPSA) is 64.1 Å². The number of aromatic hydroxyl groups is 1. The van der Waals surface area contributed by atoms with Crippen LogP contribution in [0.2, 0.25) is 0 Å². The van der Waals surface area contributed by atoms with Crippen molar-refractivity contribution in [2.75, 3.05) is 0 Å². The van der Waals surface area contributed by atoms with Gasteiger partial charge < -0.3 is 10.8 Å². The fourth-order valence-corrected chi connectivity index (χ4v) is 1.31. The summed E-state index contributed by atoms with van der Waals surface area (Å²) in [7, 11) is 0. The smallest absolute Gasteiger partial charge is 0.115 e. The van der Waals surface area contributed by atoms with Crippen LogP contribution in [0.5, 0.6) is 5.75 Å². The molecule has 0 bridgehead atoms. The molecule has 0 aliphatic heterocycles. The monoisotopic (exact) mass is 189 g/mol. The third kappa shape index (κ3) is 1.47. The van der Waals surface area contributed by atoms with Crippen LogP contribution in [0.15, 0.2) is 36.5 Å². The molecule has 0 aliphatic carbocycles. The summed E-state index contributed by atoms with van der Waals surface area (Å²) in [5.74, 6) is 0.246. The first-order chi connectivity index (χ1) is 6.81. The van der Waals surface area contributed by atoms with Gasteiger partial charge in [0.25, 0.3) is 0 Å². The second kappa shape index (κ2) is 3.51. The maximum Gasteiger partial charge on any atom is 0.115 e. The van der Waals surface area contributed by atoms with Crippen LogP contribution in [0.25, 0.3) is 5.69 Å². The molecule has 1 heterocycles. The summed E-state index contributed by atoms with van der Waals surface area (Å²) in [6.45, 7) is 0.445. The predicted molar refractivity (Wildman–Crippen MR) is 53.1 cm³/mol. The lowest BCUT2D eigenvalue weighted by Crippen LogP contribution is -2.06. The van der Waals surface area contributed by atoms with Crippen LogP contribution >= 0.6 is 0 Å². The first-order valence-electron chi connectivity index (χ1n) is 4.33. The van der Waals surface area contributed by atoms with Crippen LogP contribution in [0, 0.1) is 0 Å². The third-order valence-electron chi connectivity index (χ3n) is 2.02. The van der Waals surface area contributed by atoms with E-state index in [4.69, 9.17) is 10.8 Å². The van der Waals surface area contributed by atoms with Crippen LogP contribution in [-0.4, -0.2) is 14.9 Å². The van der Waals surface area contributed by atoms with E-state index in [1.54, 1.807) is 35.1 Å². The summed E-state index contributed by atoms with van der Waals surface area (Å²) >= 11 is 0. The molecule has 3 N–H and O–H groups in total. The highest BCUT2D eigenvalue weighted by Crippen LogP contribution is 2.14. The number of rotatable bonds is 2. The Bertz CT molecular complexity index is 419. The molecule has 4 nitrogen and oxygen atoms in total. The highest BCUT2D eigenvalue weighted by Gasteiger charge is 2.02. The summed E-state index contributed by atoms with van der Waals surface area (Å²) in [4.78, 5) is 0. The van der Waals surface area contributed by atoms with Crippen LogP contribution < -0.4 is 5.73 Å². The fourth-order valence-electron chi connectivity index (χ4n) is 1.31. The van der Waals surface area contributed by atoms with Gasteiger partial charge in [0.2, 0.25) is 0 Å². The Morgan fingerprint density at radius 3 is 2.57 bits per heavy atom. The minimum Gasteiger partial charge on any atom is -0.508 e. The molecule has 0 radical (unpaired) electrons. The highest BCUT2D eigenvalue weighted by molar-refractivity contribution is 5.37. The number of aromatic nitrogens is 2. The quantitative estimate of drug-likeness (QED) is 0.741. The van der Waals surface area contributed by atoms with Crippen LogP contribution in [-0.2, 0) is 6.54 Å². The number of hydrogen-bond donors (Lipinski definition) is 2. The van der Waals surface area contributed by atoms with E-state index in [0.717, 1.165) is 11.4 Å². The van der Waals surface area contributed by atoms with E-state index < -0.39 is 0 Å². The number of phenols is 1. The van der Waals surface area contributed by atoms with Crippen molar-refractivity contribution >= 4 is 0 Å². The van der Waals surface area contributed by atoms with Crippen LogP contribution in [0.3, 0.4) is 0 Å². The Morgan fingerprint density at radius 1 is 1.21 bits per heavy atom.